The van der Waals surface area contributed by atoms with Gasteiger partial charge in [-0.1, -0.05) is 31.2 Å². The van der Waals surface area contributed by atoms with Crippen LogP contribution in [0.2, 0.25) is 0 Å². The van der Waals surface area contributed by atoms with Crippen LogP contribution in [0.3, 0.4) is 0 Å². The van der Waals surface area contributed by atoms with Gasteiger partial charge >= 0.3 is 0 Å². The molecule has 1 unspecified atom stereocenters. The fourth-order valence-electron chi connectivity index (χ4n) is 3.94. The molecule has 1 aliphatic rings. The maximum atomic E-state index is 13.0. The fraction of sp³-hybridized carbons (Fsp3) is 0.381. The quantitative estimate of drug-likeness (QED) is 0.726. The molecule has 3 heterocycles. The van der Waals surface area contributed by atoms with Gasteiger partial charge < -0.3 is 9.47 Å². The summed E-state index contributed by atoms with van der Waals surface area (Å²) >= 11 is 0. The highest BCUT2D eigenvalue weighted by atomic mass is 16.2. The van der Waals surface area contributed by atoms with E-state index in [1.165, 1.54) is 0 Å². The Hall–Kier alpha value is -2.69. The van der Waals surface area contributed by atoms with Crippen molar-refractivity contribution in [2.24, 2.45) is 0 Å². The fourth-order valence-corrected chi connectivity index (χ4v) is 3.94. The number of aryl methyl sites for hydroxylation is 1. The van der Waals surface area contributed by atoms with E-state index in [1.54, 1.807) is 6.20 Å². The number of nitrogens with zero attached hydrogens (tertiary/aromatic N) is 4. The number of pyridine rings is 1. The molecule has 5 heteroatoms. The smallest absolute Gasteiger partial charge is 0.227 e. The Morgan fingerprint density at radius 3 is 2.96 bits per heavy atom. The van der Waals surface area contributed by atoms with Crippen LogP contribution in [-0.2, 0) is 17.6 Å². The van der Waals surface area contributed by atoms with E-state index in [1.807, 2.05) is 47.6 Å². The average Bonchev–Trinajstić information content (AvgIpc) is 3.17. The maximum Gasteiger partial charge on any atom is 0.227 e. The van der Waals surface area contributed by atoms with Gasteiger partial charge in [0.25, 0.3) is 0 Å². The lowest BCUT2D eigenvalue weighted by atomic mass is 10.0. The number of carbonyl (C=O) groups excluding carboxylic acids is 1. The first-order valence-electron chi connectivity index (χ1n) is 9.38. The molecular formula is C21H24N4O. The Kier molecular flexibility index (Phi) is 4.69. The van der Waals surface area contributed by atoms with Crippen molar-refractivity contribution >= 4 is 16.8 Å². The summed E-state index contributed by atoms with van der Waals surface area (Å²) < 4.78 is 2.25. The van der Waals surface area contributed by atoms with Crippen molar-refractivity contribution in [2.45, 2.75) is 38.6 Å². The predicted molar refractivity (Wildman–Crippen MR) is 102 cm³/mol. The molecule has 4 rings (SSSR count). The van der Waals surface area contributed by atoms with Crippen LogP contribution in [0.4, 0.5) is 0 Å². The third-order valence-electron chi connectivity index (χ3n) is 5.27. The van der Waals surface area contributed by atoms with E-state index in [9.17, 15) is 4.79 Å². The summed E-state index contributed by atoms with van der Waals surface area (Å²) in [6.45, 7) is 3.72. The van der Waals surface area contributed by atoms with E-state index in [0.29, 0.717) is 12.5 Å². The van der Waals surface area contributed by atoms with Crippen molar-refractivity contribution in [3.63, 3.8) is 0 Å². The van der Waals surface area contributed by atoms with Gasteiger partial charge in [-0.15, -0.1) is 0 Å². The number of fused-ring (bicyclic) bond motifs is 1. The predicted octanol–water partition coefficient (Wildman–Crippen LogP) is 3.40. The molecular weight excluding hydrogens is 324 g/mol. The second kappa shape index (κ2) is 7.28. The Bertz CT molecular complexity index is 912. The molecule has 1 aromatic carbocycles. The molecule has 1 atom stereocenters. The van der Waals surface area contributed by atoms with Crippen LogP contribution in [0.5, 0.6) is 0 Å². The minimum atomic E-state index is 0.186. The number of amides is 1. The minimum absolute atomic E-state index is 0.186. The molecule has 0 radical (unpaired) electrons. The number of benzene rings is 1. The SMILES string of the molecule is CCc1nccn1C1CCCN(C(=O)Cc2cccc3cccnc23)C1. The zero-order chi connectivity index (χ0) is 17.9. The summed E-state index contributed by atoms with van der Waals surface area (Å²) in [6, 6.07) is 10.4. The second-order valence-electron chi connectivity index (χ2n) is 6.91. The summed E-state index contributed by atoms with van der Waals surface area (Å²) in [4.78, 5) is 23.9. The van der Waals surface area contributed by atoms with Crippen molar-refractivity contribution in [1.82, 2.24) is 19.4 Å². The first-order valence-corrected chi connectivity index (χ1v) is 9.38. The van der Waals surface area contributed by atoms with Crippen LogP contribution in [0, 0.1) is 0 Å². The lowest BCUT2D eigenvalue weighted by Crippen LogP contribution is -2.41. The summed E-state index contributed by atoms with van der Waals surface area (Å²) in [5.41, 5.74) is 1.94. The number of aromatic nitrogens is 3. The monoisotopic (exact) mass is 348 g/mol. The molecule has 0 spiro atoms. The standard InChI is InChI=1S/C21H24N4O/c1-2-19-22-11-13-25(19)18-9-5-12-24(15-18)20(26)14-17-7-3-6-16-8-4-10-23-21(16)17/h3-4,6-8,10-11,13,18H,2,5,9,12,14-15H2,1H3. The average molecular weight is 348 g/mol. The zero-order valence-electron chi connectivity index (χ0n) is 15.1. The largest absolute Gasteiger partial charge is 0.340 e. The van der Waals surface area contributed by atoms with Gasteiger partial charge in [-0.2, -0.15) is 0 Å². The summed E-state index contributed by atoms with van der Waals surface area (Å²) in [5.74, 6) is 1.29. The molecule has 2 aromatic heterocycles. The van der Waals surface area contributed by atoms with Gasteiger partial charge in [0.15, 0.2) is 0 Å². The number of rotatable bonds is 4. The number of likely N-dealkylation sites (tertiary alicyclic amines) is 1. The van der Waals surface area contributed by atoms with Gasteiger partial charge in [0.2, 0.25) is 5.91 Å². The van der Waals surface area contributed by atoms with Crippen LogP contribution < -0.4 is 0 Å². The number of carbonyl (C=O) groups is 1. The molecule has 5 nitrogen and oxygen atoms in total. The first-order chi connectivity index (χ1) is 12.8. The lowest BCUT2D eigenvalue weighted by molar-refractivity contribution is -0.132. The molecule has 134 valence electrons. The Labute approximate surface area is 153 Å². The van der Waals surface area contributed by atoms with E-state index in [2.05, 4.69) is 21.5 Å². The molecule has 26 heavy (non-hydrogen) atoms. The summed E-state index contributed by atoms with van der Waals surface area (Å²) in [6.07, 6.45) is 9.16. The molecule has 1 saturated heterocycles. The van der Waals surface area contributed by atoms with Gasteiger partial charge in [-0.3, -0.25) is 9.78 Å². The van der Waals surface area contributed by atoms with Crippen molar-refractivity contribution in [3.05, 3.63) is 60.3 Å². The van der Waals surface area contributed by atoms with E-state index in [0.717, 1.165) is 54.6 Å². The number of para-hydroxylation sites is 1. The summed E-state index contributed by atoms with van der Waals surface area (Å²) in [7, 11) is 0. The second-order valence-corrected chi connectivity index (χ2v) is 6.91. The summed E-state index contributed by atoms with van der Waals surface area (Å²) in [5, 5.41) is 1.08. The van der Waals surface area contributed by atoms with E-state index in [4.69, 9.17) is 0 Å². The van der Waals surface area contributed by atoms with E-state index in [-0.39, 0.29) is 5.91 Å². The van der Waals surface area contributed by atoms with Gasteiger partial charge in [-0.05, 0) is 24.5 Å². The van der Waals surface area contributed by atoms with Gasteiger partial charge in [0, 0.05) is 43.5 Å². The van der Waals surface area contributed by atoms with Crippen molar-refractivity contribution in [2.75, 3.05) is 13.1 Å². The molecule has 0 N–H and O–H groups in total. The number of imidazole rings is 1. The highest BCUT2D eigenvalue weighted by Gasteiger charge is 2.26. The van der Waals surface area contributed by atoms with E-state index < -0.39 is 0 Å². The molecule has 0 aliphatic carbocycles. The number of hydrogen-bond donors (Lipinski definition) is 0. The van der Waals surface area contributed by atoms with Crippen LogP contribution in [0.25, 0.3) is 10.9 Å². The Balaban J connectivity index is 1.51. The minimum Gasteiger partial charge on any atom is -0.340 e. The van der Waals surface area contributed by atoms with Crippen molar-refractivity contribution < 1.29 is 4.79 Å². The molecule has 1 aliphatic heterocycles. The van der Waals surface area contributed by atoms with Crippen LogP contribution >= 0.6 is 0 Å². The highest BCUT2D eigenvalue weighted by molar-refractivity contribution is 5.87. The topological polar surface area (TPSA) is 51.0 Å². The number of hydrogen-bond acceptors (Lipinski definition) is 3. The maximum absolute atomic E-state index is 13.0. The molecule has 0 bridgehead atoms. The van der Waals surface area contributed by atoms with Crippen molar-refractivity contribution in [1.29, 1.82) is 0 Å². The Morgan fingerprint density at radius 2 is 2.08 bits per heavy atom. The number of piperidine rings is 1. The third-order valence-corrected chi connectivity index (χ3v) is 5.27. The van der Waals surface area contributed by atoms with Crippen molar-refractivity contribution in [3.8, 4) is 0 Å². The Morgan fingerprint density at radius 1 is 1.19 bits per heavy atom. The first kappa shape index (κ1) is 16.8. The van der Waals surface area contributed by atoms with Crippen LogP contribution in [-0.4, -0.2) is 38.4 Å². The van der Waals surface area contributed by atoms with E-state index >= 15 is 0 Å². The third kappa shape index (κ3) is 3.21. The van der Waals surface area contributed by atoms with Gasteiger partial charge in [0.1, 0.15) is 5.82 Å². The molecule has 0 saturated carbocycles. The zero-order valence-corrected chi connectivity index (χ0v) is 15.1. The van der Waals surface area contributed by atoms with Gasteiger partial charge in [-0.25, -0.2) is 4.98 Å². The highest BCUT2D eigenvalue weighted by Crippen LogP contribution is 2.24. The van der Waals surface area contributed by atoms with Crippen LogP contribution in [0.15, 0.2) is 48.9 Å². The van der Waals surface area contributed by atoms with Crippen LogP contribution in [0.1, 0.15) is 37.2 Å². The van der Waals surface area contributed by atoms with Gasteiger partial charge in [0.05, 0.1) is 18.0 Å². The molecule has 3 aromatic rings. The lowest BCUT2D eigenvalue weighted by Gasteiger charge is -2.34. The normalized spacial score (nSPS) is 17.6. The molecule has 1 fully saturated rings. The molecule has 1 amide bonds.